The highest BCUT2D eigenvalue weighted by atomic mass is 32.2. The van der Waals surface area contributed by atoms with Crippen LogP contribution in [0.25, 0.3) is 0 Å². The van der Waals surface area contributed by atoms with E-state index in [-0.39, 0.29) is 67.2 Å². The first-order valence-electron chi connectivity index (χ1n) is 19.3. The van der Waals surface area contributed by atoms with Crippen LogP contribution in [-0.2, 0) is 46.2 Å². The zero-order chi connectivity index (χ0) is 43.0. The van der Waals surface area contributed by atoms with E-state index in [0.717, 1.165) is 11.8 Å². The van der Waals surface area contributed by atoms with Crippen molar-refractivity contribution in [3.8, 4) is 0 Å². The molecule has 3 saturated heterocycles. The monoisotopic (exact) mass is 858 g/mol. The lowest BCUT2D eigenvalue weighted by molar-refractivity contribution is -0.385. The second-order valence-corrected chi connectivity index (χ2v) is 21.5. The van der Waals surface area contributed by atoms with Gasteiger partial charge in [-0.1, -0.05) is 18.7 Å². The maximum Gasteiger partial charge on any atom is 0.508 e. The van der Waals surface area contributed by atoms with Crippen LogP contribution >= 0.6 is 11.8 Å². The van der Waals surface area contributed by atoms with Crippen molar-refractivity contribution in [3.05, 3.63) is 79.9 Å². The van der Waals surface area contributed by atoms with Crippen molar-refractivity contribution in [2.45, 2.75) is 76.6 Å². The molecule has 2 aromatic carbocycles. The number of nitro benzene ring substituents is 2. The minimum atomic E-state index is -1.96. The van der Waals surface area contributed by atoms with Crippen LogP contribution < -0.4 is 5.32 Å². The van der Waals surface area contributed by atoms with Gasteiger partial charge >= 0.3 is 12.2 Å². The van der Waals surface area contributed by atoms with E-state index in [0.29, 0.717) is 43.9 Å². The van der Waals surface area contributed by atoms with Gasteiger partial charge in [-0.05, 0) is 68.4 Å². The lowest BCUT2D eigenvalue weighted by atomic mass is 9.79. The van der Waals surface area contributed by atoms with Gasteiger partial charge in [0.05, 0.1) is 27.9 Å². The predicted molar refractivity (Wildman–Crippen MR) is 216 cm³/mol. The van der Waals surface area contributed by atoms with Gasteiger partial charge in [0.1, 0.15) is 25.9 Å². The Morgan fingerprint density at radius 1 is 0.864 bits per heavy atom. The first-order chi connectivity index (χ1) is 27.9. The van der Waals surface area contributed by atoms with E-state index in [4.69, 9.17) is 18.6 Å². The molecule has 3 amide bonds. The molecule has 59 heavy (non-hydrogen) atoms. The highest BCUT2D eigenvalue weighted by molar-refractivity contribution is 8.14. The molecule has 3 aliphatic heterocycles. The maximum absolute atomic E-state index is 14.1. The number of hydrogen-bond donors (Lipinski definition) is 1. The number of amides is 3. The molecule has 5 rings (SSSR count). The average molecular weight is 859 g/mol. The van der Waals surface area contributed by atoms with Crippen molar-refractivity contribution >= 4 is 60.6 Å². The molecule has 0 aromatic heterocycles. The lowest BCUT2D eigenvalue weighted by Gasteiger charge is -2.44. The summed E-state index contributed by atoms with van der Waals surface area (Å²) in [5.74, 6) is -1.48. The summed E-state index contributed by atoms with van der Waals surface area (Å²) in [6.07, 6.45) is -1.81. The number of benzene rings is 2. The first kappa shape index (κ1) is 45.0. The molecule has 0 aliphatic carbocycles. The van der Waals surface area contributed by atoms with Gasteiger partial charge in [-0.3, -0.25) is 44.4 Å². The van der Waals surface area contributed by atoms with Crippen LogP contribution in [0.2, 0.25) is 19.6 Å². The summed E-state index contributed by atoms with van der Waals surface area (Å²) in [5, 5.41) is 24.1. The summed E-state index contributed by atoms with van der Waals surface area (Å²) in [7, 11) is -1.96. The SMILES string of the molecule is C[C@@H](O[Si](C)(C)C)[C@H]1C(=O)N[C@@H]1[C@@H](C)C(=O)S[C@H]1C[C@@H](C(=O)N2CCN(CCOC(=O)OCc3ccc([N+](=O)[O-])cc3)CC2)N(C(=O)OCc2ccc([N+](=O)[O-])cc2)C1. The molecule has 3 fully saturated rings. The van der Waals surface area contributed by atoms with E-state index >= 15 is 0 Å². The molecule has 3 aliphatic rings. The highest BCUT2D eigenvalue weighted by Crippen LogP contribution is 2.36. The summed E-state index contributed by atoms with van der Waals surface area (Å²) in [5.41, 5.74) is 0.894. The predicted octanol–water partition coefficient (Wildman–Crippen LogP) is 4.33. The molecule has 19 nitrogen and oxygen atoms in total. The number of carbonyl (C=O) groups is 5. The van der Waals surface area contributed by atoms with Crippen LogP contribution in [0.3, 0.4) is 0 Å². The van der Waals surface area contributed by atoms with Gasteiger partial charge in [0.25, 0.3) is 11.4 Å². The smallest absolute Gasteiger partial charge is 0.445 e. The Hall–Kier alpha value is -5.12. The number of ether oxygens (including phenoxy) is 3. The van der Waals surface area contributed by atoms with Crippen molar-refractivity contribution < 1.29 is 52.5 Å². The molecule has 0 radical (unpaired) electrons. The van der Waals surface area contributed by atoms with Crippen molar-refractivity contribution in [2.24, 2.45) is 11.8 Å². The van der Waals surface area contributed by atoms with Crippen molar-refractivity contribution in [3.63, 3.8) is 0 Å². The largest absolute Gasteiger partial charge is 0.508 e. The third kappa shape index (κ3) is 12.2. The summed E-state index contributed by atoms with van der Waals surface area (Å²) in [6, 6.07) is 9.84. The molecule has 3 heterocycles. The Balaban J connectivity index is 1.15. The number of likely N-dealkylation sites (tertiary alicyclic amines) is 1. The van der Waals surface area contributed by atoms with Gasteiger partial charge in [0.2, 0.25) is 11.8 Å². The van der Waals surface area contributed by atoms with E-state index in [1.165, 1.54) is 53.4 Å². The number of hydrogen-bond acceptors (Lipinski definition) is 15. The number of rotatable bonds is 16. The fraction of sp³-hybridized carbons (Fsp3) is 0.553. The average Bonchev–Trinajstić information content (AvgIpc) is 3.61. The Kier molecular flexibility index (Phi) is 15.1. The van der Waals surface area contributed by atoms with Crippen molar-refractivity contribution in [1.29, 1.82) is 0 Å². The van der Waals surface area contributed by atoms with Gasteiger partial charge in [-0.25, -0.2) is 9.59 Å². The van der Waals surface area contributed by atoms with Crippen LogP contribution in [0.5, 0.6) is 0 Å². The quantitative estimate of drug-likeness (QED) is 0.0814. The molecule has 1 N–H and O–H groups in total. The third-order valence-electron chi connectivity index (χ3n) is 10.3. The topological polar surface area (TPSA) is 230 Å². The van der Waals surface area contributed by atoms with Gasteiger partial charge < -0.3 is 28.9 Å². The summed E-state index contributed by atoms with van der Waals surface area (Å²) >= 11 is 1.05. The van der Waals surface area contributed by atoms with Crippen LogP contribution in [0, 0.1) is 32.1 Å². The summed E-state index contributed by atoms with van der Waals surface area (Å²) in [6.45, 7) is 11.5. The second-order valence-electron chi connectivity index (χ2n) is 15.7. The van der Waals surface area contributed by atoms with Gasteiger partial charge in [-0.2, -0.15) is 0 Å². The molecule has 6 atom stereocenters. The molecule has 21 heteroatoms. The Labute approximate surface area is 346 Å². The zero-order valence-electron chi connectivity index (χ0n) is 33.6. The second kappa shape index (κ2) is 19.8. The number of nitrogens with one attached hydrogen (secondary N) is 1. The minimum absolute atomic E-state index is 0.0327. The fourth-order valence-electron chi connectivity index (χ4n) is 7.23. The minimum Gasteiger partial charge on any atom is -0.445 e. The van der Waals surface area contributed by atoms with Crippen molar-refractivity contribution in [2.75, 3.05) is 45.9 Å². The van der Waals surface area contributed by atoms with Crippen LogP contribution in [0.4, 0.5) is 21.0 Å². The number of nitrogens with zero attached hydrogens (tertiary/aromatic N) is 5. The number of β-lactam (4-membered cyclic amide) rings is 1. The van der Waals surface area contributed by atoms with E-state index in [1.807, 2.05) is 31.5 Å². The number of piperazine rings is 1. The van der Waals surface area contributed by atoms with Crippen LogP contribution in [-0.4, -0.2) is 131 Å². The zero-order valence-corrected chi connectivity index (χ0v) is 35.4. The Bertz CT molecular complexity index is 1870. The fourth-order valence-corrected chi connectivity index (χ4v) is 9.69. The molecular weight excluding hydrogens is 809 g/mol. The molecule has 0 unspecified atom stereocenters. The number of carbonyl (C=O) groups excluding carboxylic acids is 5. The van der Waals surface area contributed by atoms with Crippen LogP contribution in [0.1, 0.15) is 31.4 Å². The van der Waals surface area contributed by atoms with Gasteiger partial charge in [0, 0.05) is 74.7 Å². The molecule has 320 valence electrons. The third-order valence-corrected chi connectivity index (χ3v) is 12.7. The number of thioether (sulfide) groups is 1. The van der Waals surface area contributed by atoms with Crippen LogP contribution in [0.15, 0.2) is 48.5 Å². The summed E-state index contributed by atoms with van der Waals surface area (Å²) in [4.78, 5) is 91.8. The number of non-ortho nitro benzene ring substituents is 2. The summed E-state index contributed by atoms with van der Waals surface area (Å²) < 4.78 is 22.0. The molecule has 2 aromatic rings. The van der Waals surface area contributed by atoms with Gasteiger partial charge in [0.15, 0.2) is 13.4 Å². The maximum atomic E-state index is 14.1. The van der Waals surface area contributed by atoms with E-state index < -0.39 is 59.6 Å². The molecule has 0 bridgehead atoms. The number of nitro groups is 2. The van der Waals surface area contributed by atoms with E-state index in [2.05, 4.69) is 5.32 Å². The van der Waals surface area contributed by atoms with E-state index in [1.54, 1.807) is 11.8 Å². The normalized spacial score (nSPS) is 21.7. The van der Waals surface area contributed by atoms with E-state index in [9.17, 15) is 44.2 Å². The Morgan fingerprint density at radius 2 is 1.42 bits per heavy atom. The first-order valence-corrected chi connectivity index (χ1v) is 23.6. The Morgan fingerprint density at radius 3 is 1.95 bits per heavy atom. The van der Waals surface area contributed by atoms with Crippen molar-refractivity contribution in [1.82, 2.24) is 20.0 Å². The lowest BCUT2D eigenvalue weighted by Crippen LogP contribution is -2.66. The van der Waals surface area contributed by atoms with Gasteiger partial charge in [-0.15, -0.1) is 0 Å². The molecule has 0 saturated carbocycles. The standard InChI is InChI=1S/C38H50N6O13SSi/c1-24(33-32(34(45)39-33)25(2)57-59(3,4)5)36(47)58-30-20-31(42(21-30)37(48)55-22-26-6-10-28(11-7-26)43(50)51)35(46)41-16-14-40(15-17-41)18-19-54-38(49)56-23-27-8-12-29(13-9-27)44(52)53/h6-13,24-25,30-33H,14-23H2,1-5H3,(H,39,45)/t24-,25-,30+,31+,32-,33-/m1/s1. The molecule has 0 spiro atoms. The highest BCUT2D eigenvalue weighted by Gasteiger charge is 2.50. The molecular formula is C38H50N6O13SSi.